The minimum Gasteiger partial charge on any atom is -0.390 e. The number of hydrogen-bond acceptors (Lipinski definition) is 4. The van der Waals surface area contributed by atoms with E-state index in [-0.39, 0.29) is 6.61 Å². The van der Waals surface area contributed by atoms with Crippen molar-refractivity contribution < 1.29 is 5.11 Å². The van der Waals surface area contributed by atoms with E-state index in [4.69, 9.17) is 5.11 Å². The third-order valence-corrected chi connectivity index (χ3v) is 5.12. The van der Waals surface area contributed by atoms with Crippen molar-refractivity contribution in [3.8, 4) is 0 Å². The number of rotatable bonds is 5. The van der Waals surface area contributed by atoms with Gasteiger partial charge in [0.25, 0.3) is 0 Å². The molecule has 0 spiro atoms. The molecule has 0 unspecified atom stereocenters. The Balaban J connectivity index is 1.99. The first-order valence-electron chi connectivity index (χ1n) is 5.56. The lowest BCUT2D eigenvalue weighted by atomic mass is 10.4. The first-order valence-corrected chi connectivity index (χ1v) is 7.36. The summed E-state index contributed by atoms with van der Waals surface area (Å²) in [7, 11) is 1.94. The maximum atomic E-state index is 9.08. The minimum atomic E-state index is 0.0447. The van der Waals surface area contributed by atoms with Crippen molar-refractivity contribution in [2.75, 3.05) is 0 Å². The van der Waals surface area contributed by atoms with Gasteiger partial charge in [-0.2, -0.15) is 0 Å². The Morgan fingerprint density at radius 1 is 1.41 bits per heavy atom. The third kappa shape index (κ3) is 2.91. The summed E-state index contributed by atoms with van der Waals surface area (Å²) in [4.78, 5) is 7.10. The first-order chi connectivity index (χ1) is 8.24. The van der Waals surface area contributed by atoms with Gasteiger partial charge >= 0.3 is 0 Å². The number of thioether (sulfide) groups is 1. The third-order valence-electron chi connectivity index (χ3n) is 2.61. The van der Waals surface area contributed by atoms with Crippen molar-refractivity contribution in [2.24, 2.45) is 7.05 Å². The zero-order valence-electron chi connectivity index (χ0n) is 10.0. The highest BCUT2D eigenvalue weighted by Crippen LogP contribution is 2.26. The molecule has 0 fully saturated rings. The fourth-order valence-corrected chi connectivity index (χ4v) is 3.50. The molecule has 2 heterocycles. The molecule has 3 nitrogen and oxygen atoms in total. The van der Waals surface area contributed by atoms with Gasteiger partial charge in [0.15, 0.2) is 5.16 Å². The number of aryl methyl sites for hydroxylation is 1. The van der Waals surface area contributed by atoms with Crippen LogP contribution < -0.4 is 0 Å². The van der Waals surface area contributed by atoms with Crippen molar-refractivity contribution in [3.63, 3.8) is 0 Å². The van der Waals surface area contributed by atoms with Crippen molar-refractivity contribution in [1.29, 1.82) is 0 Å². The van der Waals surface area contributed by atoms with E-state index in [1.54, 1.807) is 18.0 Å². The van der Waals surface area contributed by atoms with E-state index in [0.717, 1.165) is 23.0 Å². The number of thiophene rings is 1. The number of aliphatic hydroxyl groups excluding tert-OH is 1. The zero-order valence-corrected chi connectivity index (χ0v) is 11.6. The molecule has 2 aromatic heterocycles. The van der Waals surface area contributed by atoms with E-state index in [9.17, 15) is 0 Å². The molecule has 0 bridgehead atoms. The molecule has 0 aliphatic heterocycles. The summed E-state index contributed by atoms with van der Waals surface area (Å²) >= 11 is 3.57. The molecule has 1 N–H and O–H groups in total. The molecule has 0 saturated carbocycles. The molecule has 0 aromatic carbocycles. The van der Waals surface area contributed by atoms with Crippen LogP contribution in [0.2, 0.25) is 0 Å². The first kappa shape index (κ1) is 12.7. The van der Waals surface area contributed by atoms with Crippen LogP contribution in [0.5, 0.6) is 0 Å². The Hall–Kier alpha value is -0.780. The second kappa shape index (κ2) is 5.71. The molecule has 2 aromatic rings. The van der Waals surface area contributed by atoms with Gasteiger partial charge in [0.1, 0.15) is 0 Å². The van der Waals surface area contributed by atoms with Crippen LogP contribution in [-0.4, -0.2) is 14.7 Å². The van der Waals surface area contributed by atoms with E-state index in [2.05, 4.69) is 24.0 Å². The van der Waals surface area contributed by atoms with Crippen LogP contribution in [0.1, 0.15) is 22.4 Å². The quantitative estimate of drug-likeness (QED) is 0.847. The van der Waals surface area contributed by atoms with Crippen molar-refractivity contribution >= 4 is 23.1 Å². The van der Waals surface area contributed by atoms with Gasteiger partial charge in [-0.25, -0.2) is 4.98 Å². The van der Waals surface area contributed by atoms with E-state index in [1.807, 2.05) is 23.0 Å². The molecule has 0 saturated heterocycles. The molecule has 0 radical (unpaired) electrons. The Kier molecular flexibility index (Phi) is 4.25. The molecule has 17 heavy (non-hydrogen) atoms. The zero-order chi connectivity index (χ0) is 12.3. The number of hydrogen-bond donors (Lipinski definition) is 1. The van der Waals surface area contributed by atoms with Gasteiger partial charge in [-0.3, -0.25) is 0 Å². The van der Waals surface area contributed by atoms with E-state index in [0.29, 0.717) is 0 Å². The molecule has 0 amide bonds. The van der Waals surface area contributed by atoms with Gasteiger partial charge in [-0.15, -0.1) is 11.3 Å². The Morgan fingerprint density at radius 3 is 2.76 bits per heavy atom. The number of nitrogens with zero attached hydrogens (tertiary/aromatic N) is 2. The summed E-state index contributed by atoms with van der Waals surface area (Å²) in [6.45, 7) is 2.22. The topological polar surface area (TPSA) is 38.1 Å². The van der Waals surface area contributed by atoms with E-state index in [1.165, 1.54) is 9.75 Å². The van der Waals surface area contributed by atoms with Crippen LogP contribution in [0.25, 0.3) is 0 Å². The van der Waals surface area contributed by atoms with Crippen molar-refractivity contribution in [1.82, 2.24) is 9.55 Å². The van der Waals surface area contributed by atoms with Crippen molar-refractivity contribution in [2.45, 2.75) is 30.9 Å². The molecule has 92 valence electrons. The molecule has 0 atom stereocenters. The molecule has 0 aliphatic carbocycles. The van der Waals surface area contributed by atoms with Gasteiger partial charge in [-0.05, 0) is 18.6 Å². The molecule has 0 aliphatic rings. The molecular formula is C12H16N2OS2. The van der Waals surface area contributed by atoms with Gasteiger partial charge in [0, 0.05) is 22.6 Å². The van der Waals surface area contributed by atoms with E-state index < -0.39 is 0 Å². The predicted octanol–water partition coefficient (Wildman–Crippen LogP) is 2.83. The van der Waals surface area contributed by atoms with Crippen LogP contribution in [0.4, 0.5) is 0 Å². The minimum absolute atomic E-state index is 0.0447. The summed E-state index contributed by atoms with van der Waals surface area (Å²) in [5, 5.41) is 10.0. The highest BCUT2D eigenvalue weighted by Gasteiger charge is 2.07. The summed E-state index contributed by atoms with van der Waals surface area (Å²) < 4.78 is 1.94. The smallest absolute Gasteiger partial charge is 0.168 e. The summed E-state index contributed by atoms with van der Waals surface area (Å²) in [5.74, 6) is 0.945. The number of aromatic nitrogens is 2. The maximum Gasteiger partial charge on any atom is 0.168 e. The van der Waals surface area contributed by atoms with E-state index >= 15 is 0 Å². The maximum absolute atomic E-state index is 9.08. The highest BCUT2D eigenvalue weighted by atomic mass is 32.2. The number of imidazole rings is 1. The predicted molar refractivity (Wildman–Crippen MR) is 72.4 cm³/mol. The van der Waals surface area contributed by atoms with Crippen LogP contribution in [0, 0.1) is 0 Å². The second-order valence-electron chi connectivity index (χ2n) is 3.76. The average molecular weight is 268 g/mol. The standard InChI is InChI=1S/C12H16N2OS2/c1-3-10-4-5-11(17-10)8-16-12-13-6-9(7-15)14(12)2/h4-6,15H,3,7-8H2,1-2H3. The SMILES string of the molecule is CCc1ccc(CSc2ncc(CO)n2C)s1. The second-order valence-corrected chi connectivity index (χ2v) is 5.95. The summed E-state index contributed by atoms with van der Waals surface area (Å²) in [6, 6.07) is 4.38. The van der Waals surface area contributed by atoms with Crippen LogP contribution in [-0.2, 0) is 25.8 Å². The Labute approximate surface area is 110 Å². The lowest BCUT2D eigenvalue weighted by Gasteiger charge is -2.02. The lowest BCUT2D eigenvalue weighted by Crippen LogP contribution is -1.97. The monoisotopic (exact) mass is 268 g/mol. The highest BCUT2D eigenvalue weighted by molar-refractivity contribution is 7.98. The van der Waals surface area contributed by atoms with Gasteiger partial charge in [-0.1, -0.05) is 18.7 Å². The Morgan fingerprint density at radius 2 is 2.18 bits per heavy atom. The average Bonchev–Trinajstić information content (AvgIpc) is 2.93. The fraction of sp³-hybridized carbons (Fsp3) is 0.417. The lowest BCUT2D eigenvalue weighted by molar-refractivity contribution is 0.271. The van der Waals surface area contributed by atoms with Crippen LogP contribution in [0.3, 0.4) is 0 Å². The van der Waals surface area contributed by atoms with Gasteiger partial charge in [0.2, 0.25) is 0 Å². The molecule has 2 rings (SSSR count). The molecule has 5 heteroatoms. The fourth-order valence-electron chi connectivity index (χ4n) is 1.53. The van der Waals surface area contributed by atoms with Crippen molar-refractivity contribution in [3.05, 3.63) is 33.8 Å². The summed E-state index contributed by atoms with van der Waals surface area (Å²) in [6.07, 6.45) is 2.83. The molecular weight excluding hydrogens is 252 g/mol. The number of aliphatic hydroxyl groups is 1. The van der Waals surface area contributed by atoms with Crippen LogP contribution >= 0.6 is 23.1 Å². The van der Waals surface area contributed by atoms with Gasteiger partial charge in [0.05, 0.1) is 18.5 Å². The van der Waals surface area contributed by atoms with Crippen LogP contribution in [0.15, 0.2) is 23.5 Å². The van der Waals surface area contributed by atoms with Gasteiger partial charge < -0.3 is 9.67 Å². The largest absolute Gasteiger partial charge is 0.390 e. The Bertz CT molecular complexity index is 490. The normalized spacial score (nSPS) is 11.0. The summed E-state index contributed by atoms with van der Waals surface area (Å²) in [5.41, 5.74) is 0.855.